The molecule has 0 N–H and O–H groups in total. The molecule has 88 valence electrons. The van der Waals surface area contributed by atoms with Gasteiger partial charge in [0.1, 0.15) is 6.61 Å². The predicted molar refractivity (Wildman–Crippen MR) is 70.0 cm³/mol. The number of rotatable bonds is 0. The van der Waals surface area contributed by atoms with E-state index < -0.39 is 0 Å². The quantitative estimate of drug-likeness (QED) is 0.664. The fraction of sp³-hybridized carbons (Fsp3) is 0.917. The molecule has 0 aromatic rings. The van der Waals surface area contributed by atoms with Gasteiger partial charge in [0.2, 0.25) is 0 Å². The van der Waals surface area contributed by atoms with Gasteiger partial charge in [-0.05, 0) is 43.1 Å². The van der Waals surface area contributed by atoms with Crippen LogP contribution in [0.15, 0.2) is 5.16 Å². The molecular weight excluding hydrogens is 238 g/mol. The lowest BCUT2D eigenvalue weighted by atomic mass is 9.74. The molecule has 0 aromatic heterocycles. The molecule has 0 radical (unpaired) electrons. The first-order valence-electron chi connectivity index (χ1n) is 6.30. The monoisotopic (exact) mass is 255 g/mol. The van der Waals surface area contributed by atoms with E-state index in [-0.39, 0.29) is 0 Å². The second kappa shape index (κ2) is 3.35. The Bertz CT molecular complexity index is 351. The number of hydrogen-bond donors (Lipinski definition) is 0. The van der Waals surface area contributed by atoms with Crippen molar-refractivity contribution in [2.75, 3.05) is 18.1 Å². The van der Waals surface area contributed by atoms with Crippen LogP contribution in [0.1, 0.15) is 32.1 Å². The van der Waals surface area contributed by atoms with E-state index in [1.807, 2.05) is 0 Å². The summed E-state index contributed by atoms with van der Waals surface area (Å²) in [5.74, 6) is 3.62. The molecule has 2 nitrogen and oxygen atoms in total. The Morgan fingerprint density at radius 2 is 2.19 bits per heavy atom. The van der Waals surface area contributed by atoms with Gasteiger partial charge >= 0.3 is 0 Å². The number of nitrogens with zero attached hydrogens (tertiary/aromatic N) is 1. The summed E-state index contributed by atoms with van der Waals surface area (Å²) < 4.78 is 0.477. The van der Waals surface area contributed by atoms with E-state index in [9.17, 15) is 0 Å². The smallest absolute Gasteiger partial charge is 0.128 e. The van der Waals surface area contributed by atoms with Gasteiger partial charge in [-0.1, -0.05) is 5.16 Å². The molecule has 2 atom stereocenters. The summed E-state index contributed by atoms with van der Waals surface area (Å²) in [6.07, 6.45) is 6.68. The molecule has 2 unspecified atom stereocenters. The third-order valence-corrected chi connectivity index (χ3v) is 8.38. The van der Waals surface area contributed by atoms with Gasteiger partial charge in [0.25, 0.3) is 0 Å². The van der Waals surface area contributed by atoms with Gasteiger partial charge in [0, 0.05) is 11.8 Å². The molecule has 4 heteroatoms. The van der Waals surface area contributed by atoms with Gasteiger partial charge in [-0.25, -0.2) is 0 Å². The molecule has 2 heterocycles. The zero-order valence-corrected chi connectivity index (χ0v) is 11.0. The second-order valence-electron chi connectivity index (χ2n) is 5.57. The molecular formula is C12H17NOS2. The van der Waals surface area contributed by atoms with Crippen molar-refractivity contribution in [1.82, 2.24) is 0 Å². The summed E-state index contributed by atoms with van der Waals surface area (Å²) in [5, 5.41) is 4.37. The zero-order valence-electron chi connectivity index (χ0n) is 9.41. The average Bonchev–Trinajstić information content (AvgIpc) is 2.89. The van der Waals surface area contributed by atoms with Gasteiger partial charge in [-0.3, -0.25) is 0 Å². The van der Waals surface area contributed by atoms with Gasteiger partial charge in [0.05, 0.1) is 9.79 Å². The Morgan fingerprint density at radius 1 is 1.31 bits per heavy atom. The van der Waals surface area contributed by atoms with Crippen molar-refractivity contribution in [3.8, 4) is 0 Å². The van der Waals surface area contributed by atoms with Gasteiger partial charge < -0.3 is 4.84 Å². The minimum atomic E-state index is 0.383. The van der Waals surface area contributed by atoms with E-state index >= 15 is 0 Å². The maximum atomic E-state index is 5.42. The molecule has 3 fully saturated rings. The van der Waals surface area contributed by atoms with Crippen molar-refractivity contribution in [3.63, 3.8) is 0 Å². The lowest BCUT2D eigenvalue weighted by Crippen LogP contribution is -2.44. The van der Waals surface area contributed by atoms with Crippen LogP contribution in [0.4, 0.5) is 0 Å². The Labute approximate surface area is 105 Å². The van der Waals surface area contributed by atoms with E-state index in [2.05, 4.69) is 28.7 Å². The van der Waals surface area contributed by atoms with Crippen LogP contribution >= 0.6 is 23.5 Å². The SMILES string of the molecule is C1CSC2(CC3=NOCC34CCC2C4)SC1. The van der Waals surface area contributed by atoms with Crippen molar-refractivity contribution in [2.24, 2.45) is 16.5 Å². The van der Waals surface area contributed by atoms with Crippen molar-refractivity contribution in [1.29, 1.82) is 0 Å². The van der Waals surface area contributed by atoms with Crippen LogP contribution in [0.3, 0.4) is 0 Å². The minimum Gasteiger partial charge on any atom is -0.395 e. The first-order valence-corrected chi connectivity index (χ1v) is 8.27. The molecule has 1 saturated heterocycles. The van der Waals surface area contributed by atoms with Crippen LogP contribution in [0.5, 0.6) is 0 Å². The Hall–Kier alpha value is 0.170. The number of fused-ring (bicyclic) bond motifs is 2. The molecule has 2 aliphatic heterocycles. The molecule has 4 aliphatic rings. The summed E-state index contributed by atoms with van der Waals surface area (Å²) in [4.78, 5) is 5.42. The van der Waals surface area contributed by atoms with Crippen molar-refractivity contribution in [3.05, 3.63) is 0 Å². The maximum absolute atomic E-state index is 5.42. The maximum Gasteiger partial charge on any atom is 0.128 e. The molecule has 2 saturated carbocycles. The topological polar surface area (TPSA) is 21.6 Å². The molecule has 0 amide bonds. The second-order valence-corrected chi connectivity index (χ2v) is 8.68. The molecule has 2 aliphatic carbocycles. The van der Waals surface area contributed by atoms with E-state index in [0.717, 1.165) is 12.5 Å². The molecule has 16 heavy (non-hydrogen) atoms. The summed E-state index contributed by atoms with van der Waals surface area (Å²) in [6, 6.07) is 0. The van der Waals surface area contributed by atoms with Crippen molar-refractivity contribution in [2.45, 2.75) is 36.2 Å². The number of thioether (sulfide) groups is 2. The van der Waals surface area contributed by atoms with Gasteiger partial charge in [-0.2, -0.15) is 0 Å². The van der Waals surface area contributed by atoms with Crippen LogP contribution < -0.4 is 0 Å². The lowest BCUT2D eigenvalue weighted by Gasteiger charge is -2.45. The van der Waals surface area contributed by atoms with Crippen molar-refractivity contribution < 1.29 is 4.84 Å². The summed E-state index contributed by atoms with van der Waals surface area (Å²) in [6.45, 7) is 0.879. The molecule has 2 bridgehead atoms. The molecule has 0 aromatic carbocycles. The van der Waals surface area contributed by atoms with Gasteiger partial charge in [0.15, 0.2) is 0 Å². The van der Waals surface area contributed by atoms with Crippen LogP contribution in [0.25, 0.3) is 0 Å². The Morgan fingerprint density at radius 3 is 3.06 bits per heavy atom. The van der Waals surface area contributed by atoms with E-state index in [0.29, 0.717) is 9.49 Å². The van der Waals surface area contributed by atoms with E-state index in [1.54, 1.807) is 0 Å². The highest BCUT2D eigenvalue weighted by Crippen LogP contribution is 2.64. The highest BCUT2D eigenvalue weighted by Gasteiger charge is 2.60. The minimum absolute atomic E-state index is 0.383. The third-order valence-electron chi connectivity index (χ3n) is 4.75. The van der Waals surface area contributed by atoms with Crippen LogP contribution in [-0.4, -0.2) is 27.9 Å². The fourth-order valence-corrected chi connectivity index (χ4v) is 7.47. The summed E-state index contributed by atoms with van der Waals surface area (Å²) in [5.41, 5.74) is 1.79. The largest absolute Gasteiger partial charge is 0.395 e. The lowest BCUT2D eigenvalue weighted by molar-refractivity contribution is 0.119. The predicted octanol–water partition coefficient (Wildman–Crippen LogP) is 3.13. The van der Waals surface area contributed by atoms with E-state index in [4.69, 9.17) is 4.84 Å². The highest BCUT2D eigenvalue weighted by molar-refractivity contribution is 8.18. The van der Waals surface area contributed by atoms with Crippen LogP contribution in [-0.2, 0) is 4.84 Å². The summed E-state index contributed by atoms with van der Waals surface area (Å²) in [7, 11) is 0. The van der Waals surface area contributed by atoms with E-state index in [1.165, 1.54) is 49.3 Å². The Kier molecular flexibility index (Phi) is 2.12. The number of oxime groups is 1. The average molecular weight is 255 g/mol. The normalized spacial score (nSPS) is 44.0. The Balaban J connectivity index is 1.71. The zero-order chi connectivity index (χ0) is 10.6. The number of hydrogen-bond acceptors (Lipinski definition) is 4. The fourth-order valence-electron chi connectivity index (χ4n) is 3.83. The van der Waals surface area contributed by atoms with Crippen LogP contribution in [0, 0.1) is 11.3 Å². The molecule has 2 spiro atoms. The standard InChI is InChI=1S/C12H17NOS2/c1-4-15-12(16-5-1)7-10-11(8-14-13-10)3-2-9(12)6-11/h9H,1-8H2. The molecule has 4 rings (SSSR count). The first-order chi connectivity index (χ1) is 7.83. The summed E-state index contributed by atoms with van der Waals surface area (Å²) >= 11 is 4.44. The third kappa shape index (κ3) is 1.20. The van der Waals surface area contributed by atoms with Crippen LogP contribution in [0.2, 0.25) is 0 Å². The van der Waals surface area contributed by atoms with Gasteiger partial charge in [-0.15, -0.1) is 23.5 Å². The van der Waals surface area contributed by atoms with Crippen molar-refractivity contribution >= 4 is 29.2 Å². The first kappa shape index (κ1) is 10.1. The highest BCUT2D eigenvalue weighted by atomic mass is 32.2.